The van der Waals surface area contributed by atoms with Gasteiger partial charge in [-0.05, 0) is 37.8 Å². The first kappa shape index (κ1) is 10.4. The molecule has 0 amide bonds. The summed E-state index contributed by atoms with van der Waals surface area (Å²) in [5.74, 6) is 0. The van der Waals surface area contributed by atoms with Crippen LogP contribution in [0.15, 0.2) is 12.4 Å². The van der Waals surface area contributed by atoms with Crippen LogP contribution in [0.2, 0.25) is 0 Å². The van der Waals surface area contributed by atoms with Crippen molar-refractivity contribution < 1.29 is 0 Å². The van der Waals surface area contributed by atoms with E-state index in [2.05, 4.69) is 29.0 Å². The van der Waals surface area contributed by atoms with Crippen LogP contribution in [0.5, 0.6) is 0 Å². The Morgan fingerprint density at radius 2 is 1.94 bits per heavy atom. The summed E-state index contributed by atoms with van der Waals surface area (Å²) < 4.78 is 1.93. The summed E-state index contributed by atoms with van der Waals surface area (Å²) in [6.45, 7) is 0.858. The molecule has 2 aromatic heterocycles. The highest BCUT2D eigenvalue weighted by atomic mass is 15.2. The monoisotopic (exact) mass is 240 g/mol. The quantitative estimate of drug-likeness (QED) is 0.662. The zero-order valence-corrected chi connectivity index (χ0v) is 10.4. The summed E-state index contributed by atoms with van der Waals surface area (Å²) in [5, 5.41) is 0. The van der Waals surface area contributed by atoms with Crippen LogP contribution in [-0.4, -0.2) is 25.0 Å². The predicted molar refractivity (Wildman–Crippen MR) is 69.5 cm³/mol. The van der Waals surface area contributed by atoms with E-state index in [1.165, 1.54) is 30.5 Å². The summed E-state index contributed by atoms with van der Waals surface area (Å²) in [6.07, 6.45) is 8.36. The predicted octanol–water partition coefficient (Wildman–Crippen LogP) is 2.14. The minimum absolute atomic E-state index is 0.277. The summed E-state index contributed by atoms with van der Waals surface area (Å²) in [6, 6.07) is 0. The van der Waals surface area contributed by atoms with E-state index in [1.54, 1.807) is 12.4 Å². The number of fused-ring (bicyclic) bond motifs is 3. The Morgan fingerprint density at radius 3 is 2.67 bits per heavy atom. The Kier molecular flexibility index (Phi) is 1.88. The van der Waals surface area contributed by atoms with Gasteiger partial charge in [-0.1, -0.05) is 11.3 Å². The van der Waals surface area contributed by atoms with Crippen LogP contribution in [0.1, 0.15) is 30.5 Å². The highest BCUT2D eigenvalue weighted by Crippen LogP contribution is 2.45. The molecule has 0 atom stereocenters. The molecule has 0 N–H and O–H groups in total. The van der Waals surface area contributed by atoms with Crippen molar-refractivity contribution in [3.8, 4) is 0 Å². The molecule has 4 nitrogen and oxygen atoms in total. The minimum Gasteiger partial charge on any atom is -0.467 e. The first-order valence-corrected chi connectivity index (χ1v) is 6.43. The third kappa shape index (κ3) is 1.11. The largest absolute Gasteiger partial charge is 0.467 e. The van der Waals surface area contributed by atoms with Crippen molar-refractivity contribution in [2.75, 3.05) is 0 Å². The lowest BCUT2D eigenvalue weighted by Crippen LogP contribution is -2.54. The highest BCUT2D eigenvalue weighted by Gasteiger charge is 2.40. The van der Waals surface area contributed by atoms with E-state index in [0.29, 0.717) is 0 Å². The topological polar surface area (TPSA) is 34.0 Å². The number of nitrogens with zero attached hydrogens (tertiary/aromatic N) is 4. The number of hydrogen-bond donors (Lipinski definition) is 0. The third-order valence-electron chi connectivity index (χ3n) is 4.70. The molecule has 18 heavy (non-hydrogen) atoms. The van der Waals surface area contributed by atoms with Gasteiger partial charge < -0.3 is 9.47 Å². The van der Waals surface area contributed by atoms with E-state index < -0.39 is 0 Å². The molecule has 4 rings (SSSR count). The van der Waals surface area contributed by atoms with Crippen LogP contribution in [0.3, 0.4) is 0 Å². The second kappa shape index (κ2) is 3.26. The molecule has 2 aliphatic rings. The Morgan fingerprint density at radius 1 is 1.17 bits per heavy atom. The van der Waals surface area contributed by atoms with Crippen LogP contribution in [-0.2, 0) is 13.0 Å². The fourth-order valence-electron chi connectivity index (χ4n) is 3.40. The average molecular weight is 240 g/mol. The molecule has 0 bridgehead atoms. The molecular weight excluding hydrogens is 224 g/mol. The van der Waals surface area contributed by atoms with Gasteiger partial charge in [0, 0.05) is 17.9 Å². The lowest BCUT2D eigenvalue weighted by molar-refractivity contribution is 0.0360. The Labute approximate surface area is 107 Å². The van der Waals surface area contributed by atoms with Crippen LogP contribution in [0, 0.1) is 14.1 Å². The molecule has 1 spiro atoms. The molecule has 0 saturated heterocycles. The van der Waals surface area contributed by atoms with Gasteiger partial charge in [0.05, 0.1) is 5.65 Å². The molecule has 0 aromatic carbocycles. The zero-order valence-electron chi connectivity index (χ0n) is 10.4. The van der Waals surface area contributed by atoms with E-state index in [9.17, 15) is 0 Å². The zero-order chi connectivity index (χ0) is 12.3. The average Bonchev–Trinajstić information content (AvgIpc) is 2.61. The van der Waals surface area contributed by atoms with Gasteiger partial charge in [0.15, 0.2) is 0 Å². The van der Waals surface area contributed by atoms with Gasteiger partial charge in [0.2, 0.25) is 0 Å². The van der Waals surface area contributed by atoms with Crippen LogP contribution in [0.4, 0.5) is 0 Å². The Balaban J connectivity index is 1.94. The van der Waals surface area contributed by atoms with Crippen LogP contribution < -0.4 is 0 Å². The molecule has 0 radical (unpaired) electrons. The molecule has 1 aliphatic carbocycles. The van der Waals surface area contributed by atoms with Crippen molar-refractivity contribution in [2.24, 2.45) is 0 Å². The lowest BCUT2D eigenvalue weighted by Gasteiger charge is -2.58. The maximum atomic E-state index is 4.50. The SMILES string of the molecule is [CH2-]N1Cc2c(c3nccnc3n2[CH2-])CC12CCC2. The fraction of sp³-hybridized carbons (Fsp3) is 0.429. The van der Waals surface area contributed by atoms with E-state index in [1.807, 2.05) is 4.57 Å². The normalized spacial score (nSPS) is 22.1. The molecule has 94 valence electrons. The molecular formula is C14H16N4-2. The van der Waals surface area contributed by atoms with Crippen molar-refractivity contribution in [3.63, 3.8) is 0 Å². The number of rotatable bonds is 0. The van der Waals surface area contributed by atoms with Gasteiger partial charge in [-0.25, -0.2) is 0 Å². The molecule has 1 saturated carbocycles. The van der Waals surface area contributed by atoms with E-state index >= 15 is 0 Å². The van der Waals surface area contributed by atoms with Gasteiger partial charge in [0.25, 0.3) is 0 Å². The van der Waals surface area contributed by atoms with Crippen molar-refractivity contribution in [1.82, 2.24) is 19.4 Å². The number of hydrogen-bond acceptors (Lipinski definition) is 3. The third-order valence-corrected chi connectivity index (χ3v) is 4.70. The van der Waals surface area contributed by atoms with E-state index in [-0.39, 0.29) is 5.54 Å². The summed E-state index contributed by atoms with van der Waals surface area (Å²) in [5.41, 5.74) is 4.77. The summed E-state index contributed by atoms with van der Waals surface area (Å²) in [7, 11) is 8.34. The minimum atomic E-state index is 0.277. The highest BCUT2D eigenvalue weighted by molar-refractivity contribution is 5.78. The van der Waals surface area contributed by atoms with Gasteiger partial charge in [-0.2, -0.15) is 0 Å². The molecule has 4 heteroatoms. The smallest absolute Gasteiger partial charge is 0.0510 e. The van der Waals surface area contributed by atoms with Crippen molar-refractivity contribution in [1.29, 1.82) is 0 Å². The van der Waals surface area contributed by atoms with E-state index in [4.69, 9.17) is 0 Å². The first-order chi connectivity index (χ1) is 8.71. The Hall–Kier alpha value is -1.55. The molecule has 3 heterocycles. The second-order valence-corrected chi connectivity index (χ2v) is 5.53. The van der Waals surface area contributed by atoms with Crippen LogP contribution in [0.25, 0.3) is 11.2 Å². The molecule has 1 aliphatic heterocycles. The Bertz CT molecular complexity index is 624. The van der Waals surface area contributed by atoms with Crippen molar-refractivity contribution in [2.45, 2.75) is 37.8 Å². The standard InChI is InChI=1S/C14H16N4/c1-17-9-11-10(8-14(17)4-3-5-14)12-13(18(11)2)16-7-6-15-12/h6-7H,1-5,8-9H2/q-2. The summed E-state index contributed by atoms with van der Waals surface area (Å²) >= 11 is 0. The van der Waals surface area contributed by atoms with Gasteiger partial charge in [0.1, 0.15) is 0 Å². The molecule has 2 aromatic rings. The molecule has 0 unspecified atom stereocenters. The first-order valence-electron chi connectivity index (χ1n) is 6.43. The lowest BCUT2D eigenvalue weighted by atomic mass is 9.70. The van der Waals surface area contributed by atoms with E-state index in [0.717, 1.165) is 24.1 Å². The van der Waals surface area contributed by atoms with Crippen LogP contribution >= 0.6 is 0 Å². The van der Waals surface area contributed by atoms with Gasteiger partial charge >= 0.3 is 0 Å². The van der Waals surface area contributed by atoms with Crippen molar-refractivity contribution >= 4 is 11.2 Å². The number of aromatic nitrogens is 3. The van der Waals surface area contributed by atoms with Gasteiger partial charge in [-0.3, -0.25) is 17.0 Å². The van der Waals surface area contributed by atoms with Crippen molar-refractivity contribution in [3.05, 3.63) is 37.7 Å². The maximum Gasteiger partial charge on any atom is 0.0510 e. The summed E-state index contributed by atoms with van der Waals surface area (Å²) in [4.78, 5) is 11.2. The maximum absolute atomic E-state index is 4.50. The fourth-order valence-corrected chi connectivity index (χ4v) is 3.40. The molecule has 1 fully saturated rings. The second-order valence-electron chi connectivity index (χ2n) is 5.53. The van der Waals surface area contributed by atoms with Gasteiger partial charge in [-0.15, -0.1) is 7.05 Å².